The van der Waals surface area contributed by atoms with Crippen molar-refractivity contribution in [3.05, 3.63) is 0 Å². The molecule has 1 aliphatic rings. The summed E-state index contributed by atoms with van der Waals surface area (Å²) in [5.41, 5.74) is 0. The van der Waals surface area contributed by atoms with E-state index in [1.165, 1.54) is 25.7 Å². The van der Waals surface area contributed by atoms with Crippen molar-refractivity contribution >= 4 is 0 Å². The Hall–Kier alpha value is -0.550. The van der Waals surface area contributed by atoms with Crippen LogP contribution in [0, 0.1) is 17.2 Å². The van der Waals surface area contributed by atoms with Crippen LogP contribution in [0.5, 0.6) is 0 Å². The maximum atomic E-state index is 8.52. The molecular formula is C11H20N2. The molecule has 2 nitrogen and oxygen atoms in total. The van der Waals surface area contributed by atoms with E-state index in [0.29, 0.717) is 18.5 Å². The molecule has 3 unspecified atom stereocenters. The topological polar surface area (TPSA) is 35.8 Å². The van der Waals surface area contributed by atoms with Crippen molar-refractivity contribution in [2.45, 2.75) is 58.0 Å². The highest BCUT2D eigenvalue weighted by Crippen LogP contribution is 2.28. The van der Waals surface area contributed by atoms with Crippen molar-refractivity contribution in [1.29, 1.82) is 5.26 Å². The first kappa shape index (κ1) is 10.5. The van der Waals surface area contributed by atoms with Crippen LogP contribution in [0.25, 0.3) is 0 Å². The molecule has 1 saturated carbocycles. The van der Waals surface area contributed by atoms with Gasteiger partial charge in [0.2, 0.25) is 0 Å². The Bertz CT molecular complexity index is 183. The average Bonchev–Trinajstić information content (AvgIpc) is 2.52. The molecule has 0 aromatic rings. The molecule has 0 aromatic carbocycles. The summed E-state index contributed by atoms with van der Waals surface area (Å²) in [6.45, 7) is 4.37. The first-order valence-electron chi connectivity index (χ1n) is 5.39. The number of nitrogens with one attached hydrogen (secondary N) is 1. The minimum atomic E-state index is 0.366. The zero-order valence-electron chi connectivity index (χ0n) is 8.71. The van der Waals surface area contributed by atoms with Crippen molar-refractivity contribution in [2.24, 2.45) is 5.92 Å². The molecule has 74 valence electrons. The van der Waals surface area contributed by atoms with Gasteiger partial charge in [-0.15, -0.1) is 0 Å². The Kier molecular flexibility index (Phi) is 4.24. The second kappa shape index (κ2) is 5.24. The summed E-state index contributed by atoms with van der Waals surface area (Å²) in [5, 5.41) is 12.0. The fourth-order valence-electron chi connectivity index (χ4n) is 2.20. The summed E-state index contributed by atoms with van der Waals surface area (Å²) >= 11 is 0. The van der Waals surface area contributed by atoms with Gasteiger partial charge in [-0.05, 0) is 32.1 Å². The predicted octanol–water partition coefficient (Wildman–Crippen LogP) is 2.46. The number of rotatable bonds is 4. The van der Waals surface area contributed by atoms with Crippen molar-refractivity contribution in [3.63, 3.8) is 0 Å². The van der Waals surface area contributed by atoms with Crippen molar-refractivity contribution in [3.8, 4) is 6.07 Å². The van der Waals surface area contributed by atoms with Gasteiger partial charge in [-0.2, -0.15) is 5.26 Å². The summed E-state index contributed by atoms with van der Waals surface area (Å²) in [6.07, 6.45) is 5.92. The van der Waals surface area contributed by atoms with Gasteiger partial charge in [0.25, 0.3) is 0 Å². The average molecular weight is 180 g/mol. The van der Waals surface area contributed by atoms with Crippen LogP contribution in [0.2, 0.25) is 0 Å². The quantitative estimate of drug-likeness (QED) is 0.721. The summed E-state index contributed by atoms with van der Waals surface area (Å²) in [5.74, 6) is 0.923. The van der Waals surface area contributed by atoms with E-state index >= 15 is 0 Å². The van der Waals surface area contributed by atoms with Gasteiger partial charge in [0, 0.05) is 12.1 Å². The third kappa shape index (κ3) is 3.36. The Labute approximate surface area is 81.3 Å². The summed E-state index contributed by atoms with van der Waals surface area (Å²) in [6, 6.07) is 3.24. The van der Waals surface area contributed by atoms with Crippen LogP contribution in [0.3, 0.4) is 0 Å². The molecule has 1 fully saturated rings. The molecule has 0 radical (unpaired) electrons. The lowest BCUT2D eigenvalue weighted by Crippen LogP contribution is -2.34. The second-order valence-corrected chi connectivity index (χ2v) is 4.21. The molecule has 1 aliphatic carbocycles. The minimum absolute atomic E-state index is 0.366. The van der Waals surface area contributed by atoms with Gasteiger partial charge in [0.05, 0.1) is 12.5 Å². The molecule has 0 bridgehead atoms. The Morgan fingerprint density at radius 3 is 2.85 bits per heavy atom. The van der Waals surface area contributed by atoms with Crippen molar-refractivity contribution in [1.82, 2.24) is 5.32 Å². The monoisotopic (exact) mass is 180 g/mol. The fraction of sp³-hybridized carbons (Fsp3) is 0.909. The molecule has 0 saturated heterocycles. The highest BCUT2D eigenvalue weighted by atomic mass is 14.9. The lowest BCUT2D eigenvalue weighted by Gasteiger charge is -2.17. The molecule has 1 rings (SSSR count). The third-order valence-electron chi connectivity index (χ3n) is 3.04. The Morgan fingerprint density at radius 2 is 2.31 bits per heavy atom. The number of nitriles is 1. The molecule has 0 aromatic heterocycles. The molecule has 2 heteroatoms. The van der Waals surface area contributed by atoms with Crippen molar-refractivity contribution < 1.29 is 0 Å². The van der Waals surface area contributed by atoms with Gasteiger partial charge in [-0.1, -0.05) is 13.3 Å². The molecular weight excluding hydrogens is 160 g/mol. The smallest absolute Gasteiger partial charge is 0.0638 e. The largest absolute Gasteiger partial charge is 0.310 e. The fourth-order valence-corrected chi connectivity index (χ4v) is 2.20. The van der Waals surface area contributed by atoms with Crippen LogP contribution in [0.4, 0.5) is 0 Å². The summed E-state index contributed by atoms with van der Waals surface area (Å²) < 4.78 is 0. The van der Waals surface area contributed by atoms with Gasteiger partial charge in [-0.3, -0.25) is 0 Å². The van der Waals surface area contributed by atoms with Gasteiger partial charge < -0.3 is 5.32 Å². The van der Waals surface area contributed by atoms with E-state index in [0.717, 1.165) is 5.92 Å². The summed E-state index contributed by atoms with van der Waals surface area (Å²) in [4.78, 5) is 0. The van der Waals surface area contributed by atoms with Crippen LogP contribution >= 0.6 is 0 Å². The zero-order chi connectivity index (χ0) is 9.68. The van der Waals surface area contributed by atoms with Gasteiger partial charge in [0.15, 0.2) is 0 Å². The second-order valence-electron chi connectivity index (χ2n) is 4.21. The number of nitrogens with zero attached hydrogens (tertiary/aromatic N) is 1. The lowest BCUT2D eigenvalue weighted by molar-refractivity contribution is 0.433. The standard InChI is InChI=1S/C11H20N2/c1-3-10-4-5-11(8-10)13-9(2)6-7-12/h9-11,13H,3-6,8H2,1-2H3. The maximum Gasteiger partial charge on any atom is 0.0638 e. The molecule has 1 N–H and O–H groups in total. The van der Waals surface area contributed by atoms with Gasteiger partial charge >= 0.3 is 0 Å². The molecule has 0 heterocycles. The third-order valence-corrected chi connectivity index (χ3v) is 3.04. The minimum Gasteiger partial charge on any atom is -0.310 e. The predicted molar refractivity (Wildman–Crippen MR) is 54.2 cm³/mol. The highest BCUT2D eigenvalue weighted by molar-refractivity contribution is 4.85. The summed E-state index contributed by atoms with van der Waals surface area (Å²) in [7, 11) is 0. The van der Waals surface area contributed by atoms with Crippen LogP contribution in [-0.2, 0) is 0 Å². The van der Waals surface area contributed by atoms with E-state index in [4.69, 9.17) is 5.26 Å². The van der Waals surface area contributed by atoms with E-state index in [9.17, 15) is 0 Å². The van der Waals surface area contributed by atoms with Gasteiger partial charge in [0.1, 0.15) is 0 Å². The van der Waals surface area contributed by atoms with E-state index in [1.54, 1.807) is 0 Å². The van der Waals surface area contributed by atoms with Crippen LogP contribution < -0.4 is 5.32 Å². The molecule has 0 aliphatic heterocycles. The first-order chi connectivity index (χ1) is 6.26. The van der Waals surface area contributed by atoms with Crippen LogP contribution in [-0.4, -0.2) is 12.1 Å². The maximum absolute atomic E-state index is 8.52. The van der Waals surface area contributed by atoms with E-state index in [-0.39, 0.29) is 0 Å². The zero-order valence-corrected chi connectivity index (χ0v) is 8.71. The number of hydrogen-bond acceptors (Lipinski definition) is 2. The molecule has 3 atom stereocenters. The van der Waals surface area contributed by atoms with E-state index in [2.05, 4.69) is 25.2 Å². The molecule has 0 spiro atoms. The molecule has 0 amide bonds. The van der Waals surface area contributed by atoms with Crippen molar-refractivity contribution in [2.75, 3.05) is 0 Å². The van der Waals surface area contributed by atoms with E-state index in [1.807, 2.05) is 0 Å². The van der Waals surface area contributed by atoms with Crippen LogP contribution in [0.15, 0.2) is 0 Å². The normalized spacial score (nSPS) is 29.9. The van der Waals surface area contributed by atoms with Crippen LogP contribution in [0.1, 0.15) is 46.0 Å². The Balaban J connectivity index is 2.20. The highest BCUT2D eigenvalue weighted by Gasteiger charge is 2.23. The Morgan fingerprint density at radius 1 is 1.54 bits per heavy atom. The lowest BCUT2D eigenvalue weighted by atomic mass is 10.1. The first-order valence-corrected chi connectivity index (χ1v) is 5.39. The molecule has 13 heavy (non-hydrogen) atoms. The van der Waals surface area contributed by atoms with E-state index < -0.39 is 0 Å². The van der Waals surface area contributed by atoms with Gasteiger partial charge in [-0.25, -0.2) is 0 Å². The number of hydrogen-bond donors (Lipinski definition) is 1. The SMILES string of the molecule is CCC1CCC(NC(C)CC#N)C1.